The molecule has 10 heteroatoms. The molecule has 1 heterocycles. The Morgan fingerprint density at radius 1 is 1.20 bits per heavy atom. The Labute approximate surface area is 173 Å². The molecule has 0 aliphatic carbocycles. The monoisotopic (exact) mass is 429 g/mol. The topological polar surface area (TPSA) is 122 Å². The summed E-state index contributed by atoms with van der Waals surface area (Å²) < 4.78 is 38.9. The molecule has 156 valence electrons. The number of hydrogen-bond acceptors (Lipinski definition) is 7. The highest BCUT2D eigenvalue weighted by Gasteiger charge is 2.23. The van der Waals surface area contributed by atoms with Gasteiger partial charge in [0.2, 0.25) is 0 Å². The third kappa shape index (κ3) is 4.84. The van der Waals surface area contributed by atoms with Crippen molar-refractivity contribution in [1.82, 2.24) is 4.98 Å². The molecule has 2 aromatic carbocycles. The molecule has 0 radical (unpaired) electrons. The predicted octanol–water partition coefficient (Wildman–Crippen LogP) is 2.19. The van der Waals surface area contributed by atoms with Crippen LogP contribution in [-0.4, -0.2) is 26.5 Å². The van der Waals surface area contributed by atoms with Gasteiger partial charge in [-0.3, -0.25) is 4.72 Å². The summed E-state index contributed by atoms with van der Waals surface area (Å²) in [7, 11) is -2.72. The van der Waals surface area contributed by atoms with Crippen molar-refractivity contribution in [3.63, 3.8) is 0 Å². The lowest BCUT2D eigenvalue weighted by Gasteiger charge is -2.13. The van der Waals surface area contributed by atoms with Crippen LogP contribution < -0.4 is 14.2 Å². The van der Waals surface area contributed by atoms with E-state index in [9.17, 15) is 18.4 Å². The van der Waals surface area contributed by atoms with Gasteiger partial charge < -0.3 is 14.7 Å². The lowest BCUT2D eigenvalue weighted by Crippen LogP contribution is -2.33. The molecule has 0 unspecified atom stereocenters. The van der Waals surface area contributed by atoms with Crippen molar-refractivity contribution < 1.29 is 27.4 Å². The third-order valence-corrected chi connectivity index (χ3v) is 5.51. The minimum absolute atomic E-state index is 0.00626. The Bertz CT molecular complexity index is 1160. The number of rotatable bonds is 7. The Morgan fingerprint density at radius 3 is 2.60 bits per heavy atom. The number of hydrogen-bond donors (Lipinski definition) is 1. The van der Waals surface area contributed by atoms with Crippen LogP contribution in [0.4, 0.5) is 5.69 Å². The first-order chi connectivity index (χ1) is 14.3. The summed E-state index contributed by atoms with van der Waals surface area (Å²) >= 11 is 0. The van der Waals surface area contributed by atoms with Crippen LogP contribution in [0.3, 0.4) is 0 Å². The maximum atomic E-state index is 12.9. The van der Waals surface area contributed by atoms with Crippen LogP contribution in [0.25, 0.3) is 0 Å². The number of aromatic nitrogens is 2. The van der Waals surface area contributed by atoms with Crippen LogP contribution in [0.2, 0.25) is 0 Å². The fourth-order valence-corrected chi connectivity index (χ4v) is 3.80. The third-order valence-electron chi connectivity index (χ3n) is 4.11. The van der Waals surface area contributed by atoms with Crippen molar-refractivity contribution in [2.45, 2.75) is 18.4 Å². The fourth-order valence-electron chi connectivity index (χ4n) is 2.55. The van der Waals surface area contributed by atoms with Crippen LogP contribution in [0.5, 0.6) is 5.75 Å². The molecule has 3 aromatic rings. The molecule has 0 aliphatic heterocycles. The first-order valence-electron chi connectivity index (χ1n) is 8.78. The molecule has 0 saturated heterocycles. The number of sulfonamides is 1. The highest BCUT2D eigenvalue weighted by molar-refractivity contribution is 7.92. The van der Waals surface area contributed by atoms with Gasteiger partial charge in [-0.1, -0.05) is 17.7 Å². The van der Waals surface area contributed by atoms with E-state index in [4.69, 9.17) is 9.47 Å². The van der Waals surface area contributed by atoms with E-state index < -0.39 is 16.0 Å². The Kier molecular flexibility index (Phi) is 6.17. The van der Waals surface area contributed by atoms with E-state index in [1.807, 2.05) is 6.92 Å². The van der Waals surface area contributed by atoms with Gasteiger partial charge in [0.1, 0.15) is 16.8 Å². The molecule has 0 saturated carbocycles. The van der Waals surface area contributed by atoms with Gasteiger partial charge in [-0.2, -0.15) is 0 Å². The number of nitrogens with zero attached hydrogens (tertiary/aromatic N) is 2. The second-order valence-electron chi connectivity index (χ2n) is 6.28. The molecule has 9 nitrogen and oxygen atoms in total. The van der Waals surface area contributed by atoms with E-state index in [0.29, 0.717) is 10.4 Å². The molecule has 3 rings (SSSR count). The van der Waals surface area contributed by atoms with Gasteiger partial charge in [-0.15, -0.1) is 0 Å². The lowest BCUT2D eigenvalue weighted by molar-refractivity contribution is -0.620. The van der Waals surface area contributed by atoms with Gasteiger partial charge in [0, 0.05) is 11.8 Å². The normalized spacial score (nSPS) is 11.0. The number of esters is 1. The summed E-state index contributed by atoms with van der Waals surface area (Å²) in [6.45, 7) is 1.52. The van der Waals surface area contributed by atoms with Gasteiger partial charge in [-0.05, 0) is 42.2 Å². The van der Waals surface area contributed by atoms with Gasteiger partial charge in [0.05, 0.1) is 18.9 Å². The minimum Gasteiger partial charge on any atom is -0.711 e. The van der Waals surface area contributed by atoms with E-state index in [1.165, 1.54) is 37.7 Å². The van der Waals surface area contributed by atoms with Gasteiger partial charge in [-0.25, -0.2) is 17.9 Å². The first kappa shape index (κ1) is 21.1. The molecule has 1 aromatic heterocycles. The van der Waals surface area contributed by atoms with Gasteiger partial charge in [0.15, 0.2) is 6.61 Å². The number of ether oxygens (including phenoxy) is 2. The number of aryl methyl sites for hydroxylation is 1. The smallest absolute Gasteiger partial charge is 0.339 e. The number of carbonyl (C=O) groups excluding carboxylic acids is 1. The first-order valence-corrected chi connectivity index (χ1v) is 10.3. The van der Waals surface area contributed by atoms with E-state index in [1.54, 1.807) is 24.3 Å². The standard InChI is InChI=1S/C20H19N3O6S/c1-14-4-7-16(8-5-14)22-30(26,27)18-12-15(6-9-17(18)28-2)20(24)29-13-19-21-10-3-11-23(19)25/h3-12,22H,13H2,1-2H3. The summed E-state index contributed by atoms with van der Waals surface area (Å²) in [5.74, 6) is -0.753. The largest absolute Gasteiger partial charge is 0.711 e. The summed E-state index contributed by atoms with van der Waals surface area (Å²) in [4.78, 5) is 16.0. The lowest BCUT2D eigenvalue weighted by atomic mass is 10.2. The summed E-state index contributed by atoms with van der Waals surface area (Å²) in [5, 5.41) is 11.6. The molecular weight excluding hydrogens is 410 g/mol. The van der Waals surface area contributed by atoms with E-state index >= 15 is 0 Å². The molecule has 0 aliphatic rings. The average Bonchev–Trinajstić information content (AvgIpc) is 2.74. The molecule has 0 bridgehead atoms. The maximum absolute atomic E-state index is 12.9. The minimum atomic E-state index is -4.05. The maximum Gasteiger partial charge on any atom is 0.339 e. The summed E-state index contributed by atoms with van der Waals surface area (Å²) in [6.07, 6.45) is 2.62. The van der Waals surface area contributed by atoms with Crippen LogP contribution >= 0.6 is 0 Å². The van der Waals surface area contributed by atoms with Crippen molar-refractivity contribution in [2.75, 3.05) is 11.8 Å². The quantitative estimate of drug-likeness (QED) is 0.347. The summed E-state index contributed by atoms with van der Waals surface area (Å²) in [6, 6.07) is 12.1. The van der Waals surface area contributed by atoms with E-state index in [2.05, 4.69) is 9.71 Å². The molecule has 0 amide bonds. The number of benzene rings is 2. The van der Waals surface area contributed by atoms with Crippen LogP contribution in [0.15, 0.2) is 65.8 Å². The Hall–Kier alpha value is -3.66. The van der Waals surface area contributed by atoms with Crippen molar-refractivity contribution in [1.29, 1.82) is 0 Å². The van der Waals surface area contributed by atoms with Crippen molar-refractivity contribution in [2.24, 2.45) is 0 Å². The number of methoxy groups -OCH3 is 1. The zero-order valence-corrected chi connectivity index (χ0v) is 17.0. The van der Waals surface area contributed by atoms with Gasteiger partial charge in [0.25, 0.3) is 10.0 Å². The Morgan fingerprint density at radius 2 is 1.93 bits per heavy atom. The van der Waals surface area contributed by atoms with Crippen molar-refractivity contribution in [3.8, 4) is 5.75 Å². The highest BCUT2D eigenvalue weighted by Crippen LogP contribution is 2.27. The SMILES string of the molecule is COc1ccc(C(=O)OCc2nccc[n+]2[O-])cc1S(=O)(=O)Nc1ccc(C)cc1. The van der Waals surface area contributed by atoms with E-state index in [-0.39, 0.29) is 28.6 Å². The van der Waals surface area contributed by atoms with Gasteiger partial charge >= 0.3 is 11.8 Å². The van der Waals surface area contributed by atoms with Crippen molar-refractivity contribution >= 4 is 21.7 Å². The highest BCUT2D eigenvalue weighted by atomic mass is 32.2. The molecule has 0 fully saturated rings. The Balaban J connectivity index is 1.84. The molecule has 1 N–H and O–H groups in total. The predicted molar refractivity (Wildman–Crippen MR) is 107 cm³/mol. The second-order valence-corrected chi connectivity index (χ2v) is 7.93. The number of nitrogens with one attached hydrogen (secondary N) is 1. The van der Waals surface area contributed by atoms with E-state index in [0.717, 1.165) is 11.6 Å². The molecular formula is C20H19N3O6S. The number of anilines is 1. The van der Waals surface area contributed by atoms with Crippen LogP contribution in [-0.2, 0) is 21.4 Å². The zero-order valence-electron chi connectivity index (χ0n) is 16.2. The van der Waals surface area contributed by atoms with Crippen LogP contribution in [0, 0.1) is 12.1 Å². The molecule has 30 heavy (non-hydrogen) atoms. The number of carbonyl (C=O) groups is 1. The summed E-state index contributed by atoms with van der Waals surface area (Å²) in [5.41, 5.74) is 1.33. The second kappa shape index (κ2) is 8.78. The zero-order chi connectivity index (χ0) is 21.7. The molecule has 0 atom stereocenters. The fraction of sp³-hybridized carbons (Fsp3) is 0.150. The van der Waals surface area contributed by atoms with Crippen LogP contribution in [0.1, 0.15) is 21.7 Å². The molecule has 0 spiro atoms. The average molecular weight is 429 g/mol. The van der Waals surface area contributed by atoms with Crippen molar-refractivity contribution in [3.05, 3.63) is 83.1 Å².